The topological polar surface area (TPSA) is 52.6 Å². The van der Waals surface area contributed by atoms with Gasteiger partial charge in [-0.1, -0.05) is 42.5 Å². The molecular formula is C25H22N2O2. The van der Waals surface area contributed by atoms with Crippen molar-refractivity contribution in [3.8, 4) is 16.9 Å². The van der Waals surface area contributed by atoms with Gasteiger partial charge in [0.05, 0.1) is 5.69 Å². The van der Waals surface area contributed by atoms with Gasteiger partial charge in [0, 0.05) is 24.2 Å². The maximum absolute atomic E-state index is 12.9. The van der Waals surface area contributed by atoms with Crippen molar-refractivity contribution in [2.45, 2.75) is 13.0 Å². The molecule has 4 nitrogen and oxygen atoms in total. The minimum absolute atomic E-state index is 0.0935. The van der Waals surface area contributed by atoms with Crippen LogP contribution < -0.4 is 5.32 Å². The highest BCUT2D eigenvalue weighted by atomic mass is 16.3. The second-order valence-electron chi connectivity index (χ2n) is 7.76. The fraction of sp³-hybridized carbons (Fsp3) is 0.160. The van der Waals surface area contributed by atoms with Gasteiger partial charge in [0.2, 0.25) is 0 Å². The van der Waals surface area contributed by atoms with Gasteiger partial charge in [-0.25, -0.2) is 0 Å². The Labute approximate surface area is 170 Å². The van der Waals surface area contributed by atoms with Crippen molar-refractivity contribution in [3.05, 3.63) is 82.9 Å². The lowest BCUT2D eigenvalue weighted by Crippen LogP contribution is -2.27. The first-order chi connectivity index (χ1) is 14.1. The van der Waals surface area contributed by atoms with Crippen molar-refractivity contribution in [2.24, 2.45) is 0 Å². The standard InChI is InChI=1S/C25H22N2O2/c1-27-11-10-19-20(17-7-3-2-4-8-17)14-21-22(13-16-6-5-9-18(28)12-16)25(29)26-24(21)23(19)15-27/h2-9,12-14,28H,10-11,15H2,1H3,(H,26,29). The summed E-state index contributed by atoms with van der Waals surface area (Å²) in [6, 6.07) is 19.5. The number of anilines is 1. The lowest BCUT2D eigenvalue weighted by molar-refractivity contribution is -0.110. The first kappa shape index (κ1) is 17.7. The summed E-state index contributed by atoms with van der Waals surface area (Å²) in [7, 11) is 2.12. The third-order valence-electron chi connectivity index (χ3n) is 5.76. The monoisotopic (exact) mass is 382 g/mol. The zero-order chi connectivity index (χ0) is 20.0. The molecule has 0 atom stereocenters. The van der Waals surface area contributed by atoms with Crippen LogP contribution in [-0.2, 0) is 17.8 Å². The molecule has 3 aromatic rings. The zero-order valence-electron chi connectivity index (χ0n) is 16.3. The van der Waals surface area contributed by atoms with Crippen LogP contribution in [0.15, 0.2) is 60.7 Å². The SMILES string of the molecule is CN1CCc2c(-c3ccccc3)cc3c(c2C1)NC(=O)C3=Cc1cccc(O)c1. The normalized spacial score (nSPS) is 17.1. The Hall–Kier alpha value is -3.37. The number of hydrogen-bond acceptors (Lipinski definition) is 3. The van der Waals surface area contributed by atoms with Crippen molar-refractivity contribution in [2.75, 3.05) is 18.9 Å². The Balaban J connectivity index is 1.73. The van der Waals surface area contributed by atoms with Crippen LogP contribution in [0.5, 0.6) is 5.75 Å². The number of rotatable bonds is 2. The Kier molecular flexibility index (Phi) is 4.22. The quantitative estimate of drug-likeness (QED) is 0.640. The summed E-state index contributed by atoms with van der Waals surface area (Å²) < 4.78 is 0. The fourth-order valence-corrected chi connectivity index (χ4v) is 4.35. The highest BCUT2D eigenvalue weighted by Crippen LogP contribution is 2.43. The third kappa shape index (κ3) is 3.12. The molecule has 3 aromatic carbocycles. The van der Waals surface area contributed by atoms with Crippen molar-refractivity contribution in [1.29, 1.82) is 0 Å². The number of likely N-dealkylation sites (N-methyl/N-ethyl adjacent to an activating group) is 1. The van der Waals surface area contributed by atoms with Crippen molar-refractivity contribution >= 4 is 23.2 Å². The van der Waals surface area contributed by atoms with E-state index in [1.54, 1.807) is 18.2 Å². The summed E-state index contributed by atoms with van der Waals surface area (Å²) in [6.45, 7) is 1.82. The maximum atomic E-state index is 12.9. The molecule has 2 heterocycles. The zero-order valence-corrected chi connectivity index (χ0v) is 16.3. The molecule has 5 rings (SSSR count). The average Bonchev–Trinajstić information content (AvgIpc) is 3.03. The molecule has 1 amide bonds. The molecule has 144 valence electrons. The number of aromatic hydroxyl groups is 1. The predicted molar refractivity (Wildman–Crippen MR) is 117 cm³/mol. The summed E-state index contributed by atoms with van der Waals surface area (Å²) in [5.41, 5.74) is 8.22. The van der Waals surface area contributed by atoms with E-state index in [0.29, 0.717) is 5.57 Å². The third-order valence-corrected chi connectivity index (χ3v) is 5.76. The first-order valence-corrected chi connectivity index (χ1v) is 9.85. The highest BCUT2D eigenvalue weighted by Gasteiger charge is 2.31. The number of nitrogens with zero attached hydrogens (tertiary/aromatic N) is 1. The van der Waals surface area contributed by atoms with Gasteiger partial charge in [-0.05, 0) is 65.6 Å². The minimum Gasteiger partial charge on any atom is -0.508 e. The van der Waals surface area contributed by atoms with Crippen LogP contribution in [0.25, 0.3) is 22.8 Å². The molecule has 0 aromatic heterocycles. The number of phenolic OH excluding ortho intramolecular Hbond substituents is 1. The van der Waals surface area contributed by atoms with Crippen molar-refractivity contribution in [3.63, 3.8) is 0 Å². The molecule has 2 N–H and O–H groups in total. The van der Waals surface area contributed by atoms with Gasteiger partial charge in [-0.15, -0.1) is 0 Å². The van der Waals surface area contributed by atoms with Crippen LogP contribution >= 0.6 is 0 Å². The first-order valence-electron chi connectivity index (χ1n) is 9.85. The molecule has 0 unspecified atom stereocenters. The molecule has 0 bridgehead atoms. The van der Waals surface area contributed by atoms with E-state index in [9.17, 15) is 9.90 Å². The van der Waals surface area contributed by atoms with E-state index in [2.05, 4.69) is 47.6 Å². The number of carbonyl (C=O) groups is 1. The molecule has 0 aliphatic carbocycles. The second-order valence-corrected chi connectivity index (χ2v) is 7.76. The van der Waals surface area contributed by atoms with E-state index in [1.807, 2.05) is 18.2 Å². The van der Waals surface area contributed by atoms with Gasteiger partial charge in [0.15, 0.2) is 0 Å². The van der Waals surface area contributed by atoms with Crippen LogP contribution in [0.2, 0.25) is 0 Å². The molecule has 2 aliphatic rings. The van der Waals surface area contributed by atoms with E-state index in [1.165, 1.54) is 22.3 Å². The molecule has 2 aliphatic heterocycles. The lowest BCUT2D eigenvalue weighted by atomic mass is 9.86. The number of carbonyl (C=O) groups excluding carboxylic acids is 1. The summed E-state index contributed by atoms with van der Waals surface area (Å²) >= 11 is 0. The van der Waals surface area contributed by atoms with Gasteiger partial charge in [-0.3, -0.25) is 4.79 Å². The van der Waals surface area contributed by atoms with Crippen LogP contribution in [0, 0.1) is 0 Å². The number of hydrogen-bond donors (Lipinski definition) is 2. The van der Waals surface area contributed by atoms with Crippen molar-refractivity contribution < 1.29 is 9.90 Å². The molecule has 0 saturated carbocycles. The summed E-state index contributed by atoms with van der Waals surface area (Å²) in [5.74, 6) is 0.0963. The summed E-state index contributed by atoms with van der Waals surface area (Å²) in [5, 5.41) is 12.9. The summed E-state index contributed by atoms with van der Waals surface area (Å²) in [4.78, 5) is 15.2. The van der Waals surface area contributed by atoms with E-state index in [4.69, 9.17) is 0 Å². The van der Waals surface area contributed by atoms with Crippen LogP contribution in [0.1, 0.15) is 22.3 Å². The molecule has 0 spiro atoms. The second kappa shape index (κ2) is 6.90. The minimum atomic E-state index is -0.0935. The molecule has 0 radical (unpaired) electrons. The predicted octanol–water partition coefficient (Wildman–Crippen LogP) is 4.54. The van der Waals surface area contributed by atoms with Gasteiger partial charge < -0.3 is 15.3 Å². The van der Waals surface area contributed by atoms with Gasteiger partial charge in [0.1, 0.15) is 5.75 Å². The molecule has 29 heavy (non-hydrogen) atoms. The van der Waals surface area contributed by atoms with Crippen LogP contribution in [-0.4, -0.2) is 29.5 Å². The van der Waals surface area contributed by atoms with Crippen molar-refractivity contribution in [1.82, 2.24) is 4.90 Å². The van der Waals surface area contributed by atoms with E-state index in [0.717, 1.165) is 36.3 Å². The number of fused-ring (bicyclic) bond motifs is 3. The Morgan fingerprint density at radius 3 is 2.62 bits per heavy atom. The van der Waals surface area contributed by atoms with E-state index >= 15 is 0 Å². The average molecular weight is 382 g/mol. The van der Waals surface area contributed by atoms with Gasteiger partial charge >= 0.3 is 0 Å². The largest absolute Gasteiger partial charge is 0.508 e. The van der Waals surface area contributed by atoms with Crippen LogP contribution in [0.3, 0.4) is 0 Å². The molecule has 4 heteroatoms. The lowest BCUT2D eigenvalue weighted by Gasteiger charge is -2.29. The van der Waals surface area contributed by atoms with Crippen LogP contribution in [0.4, 0.5) is 5.69 Å². The van der Waals surface area contributed by atoms with E-state index < -0.39 is 0 Å². The number of nitrogens with one attached hydrogen (secondary N) is 1. The Bertz CT molecular complexity index is 1150. The number of phenols is 1. The smallest absolute Gasteiger partial charge is 0.256 e. The Morgan fingerprint density at radius 1 is 1.00 bits per heavy atom. The fourth-order valence-electron chi connectivity index (χ4n) is 4.35. The number of benzene rings is 3. The molecule has 0 saturated heterocycles. The Morgan fingerprint density at radius 2 is 1.83 bits per heavy atom. The van der Waals surface area contributed by atoms with Gasteiger partial charge in [0.25, 0.3) is 5.91 Å². The highest BCUT2D eigenvalue weighted by molar-refractivity contribution is 6.35. The number of amides is 1. The van der Waals surface area contributed by atoms with E-state index in [-0.39, 0.29) is 11.7 Å². The van der Waals surface area contributed by atoms with Gasteiger partial charge in [-0.2, -0.15) is 0 Å². The summed E-state index contributed by atoms with van der Waals surface area (Å²) in [6.07, 6.45) is 2.82. The molecular weight excluding hydrogens is 360 g/mol. The maximum Gasteiger partial charge on any atom is 0.256 e. The molecule has 0 fully saturated rings.